The van der Waals surface area contributed by atoms with E-state index in [9.17, 15) is 4.79 Å². The number of rotatable bonds is 8. The maximum absolute atomic E-state index is 11.3. The third-order valence-corrected chi connectivity index (χ3v) is 3.64. The van der Waals surface area contributed by atoms with Crippen molar-refractivity contribution in [2.45, 2.75) is 45.4 Å². The molecule has 88 valence electrons. The van der Waals surface area contributed by atoms with E-state index in [4.69, 9.17) is 0 Å². The summed E-state index contributed by atoms with van der Waals surface area (Å²) in [4.78, 5) is 12.2. The van der Waals surface area contributed by atoms with E-state index >= 15 is 0 Å². The second-order valence-corrected chi connectivity index (χ2v) is 4.96. The Bertz CT molecular complexity index is 338. The van der Waals surface area contributed by atoms with Crippen LogP contribution in [0.25, 0.3) is 0 Å². The summed E-state index contributed by atoms with van der Waals surface area (Å²) in [6.45, 7) is 5.73. The van der Waals surface area contributed by atoms with Crippen LogP contribution in [0.4, 0.5) is 0 Å². The number of carbonyl (C=O) groups is 1. The first-order valence-electron chi connectivity index (χ1n) is 6.02. The standard InChI is InChI=1S/C14H20OS/c1-3-5-6-7-8-9-12-10-14(16-11-12)13(15)4-2/h4,10-11H,2-3,5-9H2,1H3. The van der Waals surface area contributed by atoms with E-state index in [2.05, 4.69) is 18.9 Å². The van der Waals surface area contributed by atoms with Crippen LogP contribution in [0.3, 0.4) is 0 Å². The third kappa shape index (κ3) is 4.31. The Kier molecular flexibility index (Phi) is 6.09. The van der Waals surface area contributed by atoms with Crippen molar-refractivity contribution in [2.24, 2.45) is 0 Å². The fraction of sp³-hybridized carbons (Fsp3) is 0.500. The van der Waals surface area contributed by atoms with Gasteiger partial charge in [-0.25, -0.2) is 0 Å². The van der Waals surface area contributed by atoms with Crippen LogP contribution in [0.1, 0.15) is 54.3 Å². The summed E-state index contributed by atoms with van der Waals surface area (Å²) < 4.78 is 0. The van der Waals surface area contributed by atoms with Crippen molar-refractivity contribution in [3.8, 4) is 0 Å². The lowest BCUT2D eigenvalue weighted by atomic mass is 10.1. The molecule has 0 saturated carbocycles. The van der Waals surface area contributed by atoms with Gasteiger partial charge in [0.1, 0.15) is 0 Å². The predicted molar refractivity (Wildman–Crippen MR) is 71.3 cm³/mol. The topological polar surface area (TPSA) is 17.1 Å². The van der Waals surface area contributed by atoms with Crippen molar-refractivity contribution in [1.82, 2.24) is 0 Å². The molecule has 0 atom stereocenters. The zero-order valence-electron chi connectivity index (χ0n) is 10.00. The lowest BCUT2D eigenvalue weighted by molar-refractivity contribution is 0.105. The molecule has 0 spiro atoms. The van der Waals surface area contributed by atoms with Gasteiger partial charge >= 0.3 is 0 Å². The van der Waals surface area contributed by atoms with Crippen LogP contribution in [0, 0.1) is 0 Å². The number of allylic oxidation sites excluding steroid dienone is 1. The molecule has 1 heterocycles. The van der Waals surface area contributed by atoms with Gasteiger partial charge in [-0.3, -0.25) is 4.79 Å². The first-order valence-corrected chi connectivity index (χ1v) is 6.90. The van der Waals surface area contributed by atoms with E-state index in [-0.39, 0.29) is 5.78 Å². The monoisotopic (exact) mass is 236 g/mol. The minimum Gasteiger partial charge on any atom is -0.288 e. The molecule has 0 unspecified atom stereocenters. The molecule has 2 heteroatoms. The van der Waals surface area contributed by atoms with Gasteiger partial charge < -0.3 is 0 Å². The first-order chi connectivity index (χ1) is 7.77. The van der Waals surface area contributed by atoms with Gasteiger partial charge in [0, 0.05) is 0 Å². The zero-order chi connectivity index (χ0) is 11.8. The molecule has 0 aliphatic heterocycles. The van der Waals surface area contributed by atoms with E-state index < -0.39 is 0 Å². The maximum Gasteiger partial charge on any atom is 0.195 e. The fourth-order valence-electron chi connectivity index (χ4n) is 1.67. The number of ketones is 1. The molecular weight excluding hydrogens is 216 g/mol. The zero-order valence-corrected chi connectivity index (χ0v) is 10.8. The van der Waals surface area contributed by atoms with Gasteiger partial charge in [0.15, 0.2) is 5.78 Å². The summed E-state index contributed by atoms with van der Waals surface area (Å²) in [6, 6.07) is 2.01. The van der Waals surface area contributed by atoms with Crippen molar-refractivity contribution in [3.05, 3.63) is 34.5 Å². The van der Waals surface area contributed by atoms with Crippen LogP contribution in [-0.2, 0) is 6.42 Å². The molecule has 0 bridgehead atoms. The van der Waals surface area contributed by atoms with Crippen molar-refractivity contribution in [3.63, 3.8) is 0 Å². The van der Waals surface area contributed by atoms with Gasteiger partial charge in [0.05, 0.1) is 4.88 Å². The van der Waals surface area contributed by atoms with Crippen molar-refractivity contribution >= 4 is 17.1 Å². The fourth-order valence-corrected chi connectivity index (χ4v) is 2.55. The summed E-state index contributed by atoms with van der Waals surface area (Å²) in [5, 5.41) is 2.09. The van der Waals surface area contributed by atoms with E-state index in [0.29, 0.717) is 0 Å². The number of carbonyl (C=O) groups excluding carboxylic acids is 1. The van der Waals surface area contributed by atoms with Crippen LogP contribution in [-0.4, -0.2) is 5.78 Å². The number of hydrogen-bond donors (Lipinski definition) is 0. The Morgan fingerprint density at radius 3 is 2.81 bits per heavy atom. The largest absolute Gasteiger partial charge is 0.288 e. The Morgan fingerprint density at radius 1 is 1.38 bits per heavy atom. The van der Waals surface area contributed by atoms with E-state index in [1.807, 2.05) is 6.07 Å². The van der Waals surface area contributed by atoms with E-state index in [0.717, 1.165) is 11.3 Å². The average molecular weight is 236 g/mol. The molecule has 16 heavy (non-hydrogen) atoms. The van der Waals surface area contributed by atoms with Crippen LogP contribution in [0.5, 0.6) is 0 Å². The Balaban J connectivity index is 2.29. The number of aryl methyl sites for hydroxylation is 1. The third-order valence-electron chi connectivity index (χ3n) is 2.65. The number of hydrogen-bond acceptors (Lipinski definition) is 2. The summed E-state index contributed by atoms with van der Waals surface area (Å²) in [5.74, 6) is 0.0437. The van der Waals surface area contributed by atoms with Crippen LogP contribution >= 0.6 is 11.3 Å². The molecule has 0 aliphatic carbocycles. The van der Waals surface area contributed by atoms with Crippen LogP contribution in [0.2, 0.25) is 0 Å². The van der Waals surface area contributed by atoms with E-state index in [1.54, 1.807) is 0 Å². The molecule has 0 fully saturated rings. The molecule has 1 aromatic heterocycles. The minimum atomic E-state index is 0.0437. The second-order valence-electron chi connectivity index (χ2n) is 4.05. The summed E-state index contributed by atoms with van der Waals surface area (Å²) in [5.41, 5.74) is 1.30. The molecule has 1 rings (SSSR count). The predicted octanol–water partition coefficient (Wildman–Crippen LogP) is 4.63. The highest BCUT2D eigenvalue weighted by Crippen LogP contribution is 2.18. The smallest absolute Gasteiger partial charge is 0.195 e. The lowest BCUT2D eigenvalue weighted by Crippen LogP contribution is -1.88. The lowest BCUT2D eigenvalue weighted by Gasteiger charge is -1.98. The highest BCUT2D eigenvalue weighted by atomic mass is 32.1. The van der Waals surface area contributed by atoms with Crippen molar-refractivity contribution in [1.29, 1.82) is 0 Å². The SMILES string of the molecule is C=CC(=O)c1cc(CCCCCCC)cs1. The van der Waals surface area contributed by atoms with Crippen LogP contribution in [0.15, 0.2) is 24.1 Å². The molecule has 0 aliphatic rings. The Morgan fingerprint density at radius 2 is 2.12 bits per heavy atom. The highest BCUT2D eigenvalue weighted by Gasteiger charge is 2.04. The molecule has 1 aromatic rings. The van der Waals surface area contributed by atoms with E-state index in [1.165, 1.54) is 55.1 Å². The molecule has 0 aromatic carbocycles. The van der Waals surface area contributed by atoms with Crippen LogP contribution < -0.4 is 0 Å². The molecule has 1 nitrogen and oxygen atoms in total. The second kappa shape index (κ2) is 7.39. The molecule has 0 N–H and O–H groups in total. The molecular formula is C14H20OS. The van der Waals surface area contributed by atoms with Gasteiger partial charge in [0.2, 0.25) is 0 Å². The Hall–Kier alpha value is -0.890. The number of unbranched alkanes of at least 4 members (excludes halogenated alkanes) is 4. The molecule has 0 saturated heterocycles. The number of thiophene rings is 1. The average Bonchev–Trinajstić information content (AvgIpc) is 2.76. The van der Waals surface area contributed by atoms with Gasteiger partial charge in [0.25, 0.3) is 0 Å². The summed E-state index contributed by atoms with van der Waals surface area (Å²) in [7, 11) is 0. The maximum atomic E-state index is 11.3. The van der Waals surface area contributed by atoms with Gasteiger partial charge in [-0.05, 0) is 35.9 Å². The highest BCUT2D eigenvalue weighted by molar-refractivity contribution is 7.12. The van der Waals surface area contributed by atoms with Crippen molar-refractivity contribution in [2.75, 3.05) is 0 Å². The Labute approximate surface area is 102 Å². The quantitative estimate of drug-likeness (QED) is 0.365. The summed E-state index contributed by atoms with van der Waals surface area (Å²) in [6.07, 6.45) is 8.98. The van der Waals surface area contributed by atoms with Gasteiger partial charge in [-0.2, -0.15) is 0 Å². The van der Waals surface area contributed by atoms with Gasteiger partial charge in [-0.15, -0.1) is 11.3 Å². The van der Waals surface area contributed by atoms with Gasteiger partial charge in [-0.1, -0.05) is 39.2 Å². The van der Waals surface area contributed by atoms with Crippen molar-refractivity contribution < 1.29 is 4.79 Å². The molecule has 0 amide bonds. The summed E-state index contributed by atoms with van der Waals surface area (Å²) >= 11 is 1.53. The minimum absolute atomic E-state index is 0.0437. The normalized spacial score (nSPS) is 10.3. The molecule has 0 radical (unpaired) electrons. The first kappa shape index (κ1) is 13.2.